The van der Waals surface area contributed by atoms with E-state index in [4.69, 9.17) is 4.42 Å². The molecule has 0 aliphatic carbocycles. The van der Waals surface area contributed by atoms with Gasteiger partial charge in [0.2, 0.25) is 0 Å². The normalized spacial score (nSPS) is 10.7. The summed E-state index contributed by atoms with van der Waals surface area (Å²) >= 11 is 0.462. The molecule has 1 aromatic heterocycles. The second-order valence-electron chi connectivity index (χ2n) is 3.79. The van der Waals surface area contributed by atoms with Crippen molar-refractivity contribution >= 4 is 23.4 Å². The number of benzene rings is 1. The summed E-state index contributed by atoms with van der Waals surface area (Å²) in [6, 6.07) is 7.89. The molecule has 6 heteroatoms. The lowest BCUT2D eigenvalue weighted by Crippen LogP contribution is -2.11. The first-order chi connectivity index (χ1) is 9.06. The van der Waals surface area contributed by atoms with E-state index < -0.39 is 5.76 Å². The summed E-state index contributed by atoms with van der Waals surface area (Å²) in [5.74, 6) is -2.57. The second-order valence-corrected chi connectivity index (χ2v) is 4.85. The fourth-order valence-corrected chi connectivity index (χ4v) is 2.01. The van der Waals surface area contributed by atoms with E-state index in [1.54, 1.807) is 25.1 Å². The van der Waals surface area contributed by atoms with Gasteiger partial charge in [0.25, 0.3) is 11.7 Å². The maximum atomic E-state index is 12.1. The molecule has 0 saturated carbocycles. The van der Waals surface area contributed by atoms with Gasteiger partial charge in [0.05, 0.1) is 6.26 Å². The number of rotatable bonds is 4. The Balaban J connectivity index is 2.04. The van der Waals surface area contributed by atoms with E-state index in [1.165, 1.54) is 18.4 Å². The van der Waals surface area contributed by atoms with E-state index in [1.807, 2.05) is 0 Å². The Hall–Kier alpha value is -1.82. The van der Waals surface area contributed by atoms with E-state index in [0.29, 0.717) is 22.3 Å². The fraction of sp³-hybridized carbons (Fsp3) is 0.154. The molecule has 0 bridgehead atoms. The van der Waals surface area contributed by atoms with E-state index in [2.05, 4.69) is 5.32 Å². The van der Waals surface area contributed by atoms with E-state index in [-0.39, 0.29) is 11.7 Å². The van der Waals surface area contributed by atoms with Gasteiger partial charge in [0, 0.05) is 16.1 Å². The van der Waals surface area contributed by atoms with Crippen LogP contribution in [-0.4, -0.2) is 11.7 Å². The molecule has 1 N–H and O–H groups in total. The van der Waals surface area contributed by atoms with E-state index in [0.717, 1.165) is 5.56 Å². The zero-order valence-electron chi connectivity index (χ0n) is 10.0. The summed E-state index contributed by atoms with van der Waals surface area (Å²) in [4.78, 5) is 12.3. The summed E-state index contributed by atoms with van der Waals surface area (Å²) < 4.78 is 29.3. The van der Waals surface area contributed by atoms with Crippen molar-refractivity contribution in [3.05, 3.63) is 47.9 Å². The van der Waals surface area contributed by atoms with Crippen molar-refractivity contribution in [3.63, 3.8) is 0 Å². The number of furan rings is 1. The van der Waals surface area contributed by atoms with Crippen LogP contribution >= 0.6 is 11.8 Å². The number of aryl methyl sites for hydroxylation is 1. The number of nitrogens with one attached hydrogen (secondary N) is 1. The fourth-order valence-electron chi connectivity index (χ4n) is 1.51. The molecule has 0 saturated heterocycles. The van der Waals surface area contributed by atoms with Crippen molar-refractivity contribution < 1.29 is 18.0 Å². The largest absolute Gasteiger partial charge is 0.459 e. The molecular weight excluding hydrogens is 272 g/mol. The Bertz CT molecular complexity index is 566. The highest BCUT2D eigenvalue weighted by atomic mass is 32.2. The summed E-state index contributed by atoms with van der Waals surface area (Å²) in [7, 11) is 0. The lowest BCUT2D eigenvalue weighted by molar-refractivity contribution is 0.0996. The number of amides is 1. The molecule has 2 aromatic rings. The first kappa shape index (κ1) is 13.6. The minimum absolute atomic E-state index is 0.242. The molecular formula is C13H11F2NO2S. The second kappa shape index (κ2) is 5.88. The van der Waals surface area contributed by atoms with Gasteiger partial charge >= 0.3 is 0 Å². The molecule has 1 heterocycles. The molecule has 100 valence electrons. The predicted molar refractivity (Wildman–Crippen MR) is 69.7 cm³/mol. The quantitative estimate of drug-likeness (QED) is 0.857. The highest BCUT2D eigenvalue weighted by molar-refractivity contribution is 7.99. The number of carbonyl (C=O) groups excluding carboxylic acids is 1. The van der Waals surface area contributed by atoms with Gasteiger partial charge in [-0.25, -0.2) is 0 Å². The minimum atomic E-state index is -2.45. The van der Waals surface area contributed by atoms with Gasteiger partial charge < -0.3 is 9.73 Å². The lowest BCUT2D eigenvalue weighted by Gasteiger charge is -2.05. The van der Waals surface area contributed by atoms with Crippen LogP contribution in [0.25, 0.3) is 0 Å². The summed E-state index contributed by atoms with van der Waals surface area (Å²) in [5.41, 5.74) is 1.27. The third-order valence-electron chi connectivity index (χ3n) is 2.41. The van der Waals surface area contributed by atoms with E-state index in [9.17, 15) is 13.6 Å². The highest BCUT2D eigenvalue weighted by Gasteiger charge is 2.12. The van der Waals surface area contributed by atoms with Crippen LogP contribution in [0, 0.1) is 6.92 Å². The molecule has 0 atom stereocenters. The number of carbonyl (C=O) groups is 1. The van der Waals surface area contributed by atoms with Gasteiger partial charge in [-0.15, -0.1) is 0 Å². The van der Waals surface area contributed by atoms with Gasteiger partial charge in [0.1, 0.15) is 0 Å². The Kier molecular flexibility index (Phi) is 4.21. The monoisotopic (exact) mass is 283 g/mol. The average molecular weight is 283 g/mol. The van der Waals surface area contributed by atoms with Crippen LogP contribution < -0.4 is 5.32 Å². The van der Waals surface area contributed by atoms with Crippen molar-refractivity contribution in [3.8, 4) is 0 Å². The van der Waals surface area contributed by atoms with Gasteiger partial charge in [-0.3, -0.25) is 4.79 Å². The average Bonchev–Trinajstić information content (AvgIpc) is 2.77. The third-order valence-corrected chi connectivity index (χ3v) is 3.13. The van der Waals surface area contributed by atoms with Crippen LogP contribution in [0.5, 0.6) is 0 Å². The maximum Gasteiger partial charge on any atom is 0.291 e. The standard InChI is InChI=1S/C13H11F2NO2S/c1-8-6-7-18-11(8)12(17)16-9-2-4-10(5-3-9)19-13(14)15/h2-7,13H,1H3,(H,16,17). The molecule has 3 nitrogen and oxygen atoms in total. The molecule has 0 unspecified atom stereocenters. The number of hydrogen-bond donors (Lipinski definition) is 1. The first-order valence-electron chi connectivity index (χ1n) is 5.46. The molecule has 0 fully saturated rings. The summed E-state index contributed by atoms with van der Waals surface area (Å²) in [5, 5.41) is 2.64. The Labute approximate surface area is 113 Å². The Morgan fingerprint density at radius 1 is 1.26 bits per heavy atom. The number of anilines is 1. The van der Waals surface area contributed by atoms with Gasteiger partial charge in [-0.2, -0.15) is 8.78 Å². The third kappa shape index (κ3) is 3.57. The highest BCUT2D eigenvalue weighted by Crippen LogP contribution is 2.26. The smallest absolute Gasteiger partial charge is 0.291 e. The van der Waals surface area contributed by atoms with Crippen LogP contribution in [-0.2, 0) is 0 Å². The summed E-state index contributed by atoms with van der Waals surface area (Å²) in [6.07, 6.45) is 1.44. The van der Waals surface area contributed by atoms with Crippen LogP contribution in [0.1, 0.15) is 16.1 Å². The van der Waals surface area contributed by atoms with Crippen molar-refractivity contribution in [2.24, 2.45) is 0 Å². The Morgan fingerprint density at radius 2 is 1.95 bits per heavy atom. The van der Waals surface area contributed by atoms with Crippen molar-refractivity contribution in [2.75, 3.05) is 5.32 Å². The summed E-state index contributed by atoms with van der Waals surface area (Å²) in [6.45, 7) is 1.76. The number of halogens is 2. The SMILES string of the molecule is Cc1ccoc1C(=O)Nc1ccc(SC(F)F)cc1. The van der Waals surface area contributed by atoms with Gasteiger partial charge in [-0.05, 0) is 37.3 Å². The van der Waals surface area contributed by atoms with Crippen molar-refractivity contribution in [2.45, 2.75) is 17.6 Å². The van der Waals surface area contributed by atoms with Crippen molar-refractivity contribution in [1.29, 1.82) is 0 Å². The first-order valence-corrected chi connectivity index (χ1v) is 6.34. The zero-order valence-corrected chi connectivity index (χ0v) is 10.8. The number of hydrogen-bond acceptors (Lipinski definition) is 3. The molecule has 0 spiro atoms. The van der Waals surface area contributed by atoms with E-state index >= 15 is 0 Å². The molecule has 2 rings (SSSR count). The van der Waals surface area contributed by atoms with Gasteiger partial charge in [-0.1, -0.05) is 11.8 Å². The van der Waals surface area contributed by atoms with Crippen LogP contribution in [0.15, 0.2) is 45.9 Å². The van der Waals surface area contributed by atoms with Gasteiger partial charge in [0.15, 0.2) is 5.76 Å². The van der Waals surface area contributed by atoms with Crippen molar-refractivity contribution in [1.82, 2.24) is 0 Å². The Morgan fingerprint density at radius 3 is 2.47 bits per heavy atom. The topological polar surface area (TPSA) is 42.2 Å². The number of thioether (sulfide) groups is 1. The molecule has 0 aliphatic heterocycles. The molecule has 1 aromatic carbocycles. The maximum absolute atomic E-state index is 12.1. The van der Waals surface area contributed by atoms with Crippen LogP contribution in [0.3, 0.4) is 0 Å². The lowest BCUT2D eigenvalue weighted by atomic mass is 10.2. The predicted octanol–water partition coefficient (Wildman–Crippen LogP) is 4.16. The minimum Gasteiger partial charge on any atom is -0.459 e. The molecule has 0 aliphatic rings. The van der Waals surface area contributed by atoms with Crippen LogP contribution in [0.2, 0.25) is 0 Å². The number of alkyl halides is 2. The molecule has 19 heavy (non-hydrogen) atoms. The zero-order chi connectivity index (χ0) is 13.8. The van der Waals surface area contributed by atoms with Crippen LogP contribution in [0.4, 0.5) is 14.5 Å². The molecule has 1 amide bonds. The molecule has 0 radical (unpaired) electrons.